The summed E-state index contributed by atoms with van der Waals surface area (Å²) in [5.41, 5.74) is 7.25. The Balaban J connectivity index is 1.45. The van der Waals surface area contributed by atoms with Crippen LogP contribution in [0.3, 0.4) is 0 Å². The van der Waals surface area contributed by atoms with E-state index in [4.69, 9.17) is 5.73 Å². The molecule has 0 unspecified atom stereocenters. The van der Waals surface area contributed by atoms with Crippen molar-refractivity contribution < 1.29 is 13.6 Å². The van der Waals surface area contributed by atoms with E-state index in [0.29, 0.717) is 18.3 Å². The van der Waals surface area contributed by atoms with Gasteiger partial charge in [-0.1, -0.05) is 12.1 Å². The molecule has 1 aliphatic heterocycles. The average molecular weight is 388 g/mol. The maximum Gasteiger partial charge on any atom is 0.225 e. The van der Waals surface area contributed by atoms with Gasteiger partial charge in [-0.15, -0.1) is 0 Å². The van der Waals surface area contributed by atoms with Crippen LogP contribution in [0.25, 0.3) is 0 Å². The Bertz CT molecular complexity index is 813. The minimum absolute atomic E-state index is 0.113. The van der Waals surface area contributed by atoms with E-state index in [-0.39, 0.29) is 23.8 Å². The molecule has 0 radical (unpaired) electrons. The molecule has 150 valence electrons. The first-order chi connectivity index (χ1) is 13.4. The third-order valence-corrected chi connectivity index (χ3v) is 5.06. The van der Waals surface area contributed by atoms with Crippen molar-refractivity contribution in [1.29, 1.82) is 0 Å². The Morgan fingerprint density at radius 2 is 1.93 bits per heavy atom. The summed E-state index contributed by atoms with van der Waals surface area (Å²) in [7, 11) is 0. The third kappa shape index (κ3) is 5.50. The molecule has 1 heterocycles. The predicted molar refractivity (Wildman–Crippen MR) is 107 cm³/mol. The minimum atomic E-state index is -0.495. The molecule has 5 nitrogen and oxygen atoms in total. The van der Waals surface area contributed by atoms with Gasteiger partial charge in [0.25, 0.3) is 0 Å². The number of nitrogens with two attached hydrogens (primary N) is 1. The topological polar surface area (TPSA) is 61.6 Å². The highest BCUT2D eigenvalue weighted by molar-refractivity contribution is 5.91. The number of hydrogen-bond donors (Lipinski definition) is 2. The van der Waals surface area contributed by atoms with E-state index >= 15 is 0 Å². The van der Waals surface area contributed by atoms with Crippen LogP contribution in [0, 0.1) is 11.6 Å². The molecule has 3 N–H and O–H groups in total. The van der Waals surface area contributed by atoms with E-state index in [2.05, 4.69) is 22.0 Å². The van der Waals surface area contributed by atoms with Crippen molar-refractivity contribution in [2.75, 3.05) is 37.2 Å². The van der Waals surface area contributed by atoms with Gasteiger partial charge in [0.1, 0.15) is 11.6 Å². The van der Waals surface area contributed by atoms with E-state index in [1.54, 1.807) is 0 Å². The molecule has 1 fully saturated rings. The molecule has 1 amide bonds. The fourth-order valence-corrected chi connectivity index (χ4v) is 3.49. The Hall–Kier alpha value is -2.51. The molecular formula is C21H26F2N4O. The average Bonchev–Trinajstić information content (AvgIpc) is 2.66. The fourth-order valence-electron chi connectivity index (χ4n) is 3.49. The summed E-state index contributed by atoms with van der Waals surface area (Å²) in [5.74, 6) is -0.950. The van der Waals surface area contributed by atoms with Crippen LogP contribution in [0.2, 0.25) is 0 Å². The number of rotatable bonds is 6. The van der Waals surface area contributed by atoms with Crippen LogP contribution >= 0.6 is 0 Å². The second-order valence-electron chi connectivity index (χ2n) is 7.28. The van der Waals surface area contributed by atoms with E-state index in [1.807, 2.05) is 12.1 Å². The van der Waals surface area contributed by atoms with Crippen LogP contribution in [0.5, 0.6) is 0 Å². The highest BCUT2D eigenvalue weighted by Crippen LogP contribution is 2.18. The fraction of sp³-hybridized carbons (Fsp3) is 0.381. The largest absolute Gasteiger partial charge is 0.399 e. The maximum atomic E-state index is 13.7. The van der Waals surface area contributed by atoms with Gasteiger partial charge in [-0.05, 0) is 42.8 Å². The van der Waals surface area contributed by atoms with E-state index in [9.17, 15) is 13.6 Å². The first-order valence-corrected chi connectivity index (χ1v) is 9.46. The Labute approximate surface area is 164 Å². The molecule has 1 aliphatic rings. The number of amides is 1. The van der Waals surface area contributed by atoms with Crippen molar-refractivity contribution in [1.82, 2.24) is 9.80 Å². The highest BCUT2D eigenvalue weighted by Gasteiger charge is 2.24. The Kier molecular flexibility index (Phi) is 6.59. The van der Waals surface area contributed by atoms with Gasteiger partial charge < -0.3 is 11.1 Å². The zero-order valence-corrected chi connectivity index (χ0v) is 16.0. The van der Waals surface area contributed by atoms with Gasteiger partial charge in [-0.3, -0.25) is 14.6 Å². The number of carbonyl (C=O) groups is 1. The van der Waals surface area contributed by atoms with Crippen LogP contribution in [0.1, 0.15) is 18.9 Å². The second-order valence-corrected chi connectivity index (χ2v) is 7.28. The van der Waals surface area contributed by atoms with Gasteiger partial charge >= 0.3 is 0 Å². The zero-order valence-electron chi connectivity index (χ0n) is 16.0. The van der Waals surface area contributed by atoms with E-state index < -0.39 is 5.82 Å². The Morgan fingerprint density at radius 3 is 2.64 bits per heavy atom. The second kappa shape index (κ2) is 9.12. The van der Waals surface area contributed by atoms with Gasteiger partial charge in [0.2, 0.25) is 5.91 Å². The van der Waals surface area contributed by atoms with Crippen molar-refractivity contribution in [2.24, 2.45) is 0 Å². The van der Waals surface area contributed by atoms with Gasteiger partial charge in [0.05, 0.1) is 5.69 Å². The number of nitrogen functional groups attached to an aromatic ring is 1. The lowest BCUT2D eigenvalue weighted by Crippen LogP contribution is -2.51. The first-order valence-electron chi connectivity index (χ1n) is 9.46. The molecule has 28 heavy (non-hydrogen) atoms. The summed E-state index contributed by atoms with van der Waals surface area (Å²) >= 11 is 0. The smallest absolute Gasteiger partial charge is 0.225 e. The van der Waals surface area contributed by atoms with E-state index in [1.165, 1.54) is 30.3 Å². The van der Waals surface area contributed by atoms with Crippen LogP contribution in [-0.4, -0.2) is 47.9 Å². The number of piperazine rings is 1. The van der Waals surface area contributed by atoms with Gasteiger partial charge in [0.15, 0.2) is 0 Å². The van der Waals surface area contributed by atoms with Gasteiger partial charge in [-0.25, -0.2) is 8.78 Å². The van der Waals surface area contributed by atoms with Crippen LogP contribution in [-0.2, 0) is 11.3 Å². The van der Waals surface area contributed by atoms with Crippen molar-refractivity contribution in [3.05, 3.63) is 59.7 Å². The molecule has 1 saturated heterocycles. The van der Waals surface area contributed by atoms with Crippen LogP contribution in [0.15, 0.2) is 42.5 Å². The summed E-state index contributed by atoms with van der Waals surface area (Å²) in [4.78, 5) is 16.8. The number of benzene rings is 2. The molecule has 0 spiro atoms. The lowest BCUT2D eigenvalue weighted by Gasteiger charge is -2.39. The molecule has 2 aromatic carbocycles. The zero-order chi connectivity index (χ0) is 20.1. The molecule has 0 bridgehead atoms. The van der Waals surface area contributed by atoms with Crippen molar-refractivity contribution in [2.45, 2.75) is 25.9 Å². The summed E-state index contributed by atoms with van der Waals surface area (Å²) in [6.07, 6.45) is 0.288. The lowest BCUT2D eigenvalue weighted by atomic mass is 10.1. The molecule has 1 atom stereocenters. The Morgan fingerprint density at radius 1 is 1.18 bits per heavy atom. The van der Waals surface area contributed by atoms with Gasteiger partial charge in [-0.2, -0.15) is 0 Å². The first kappa shape index (κ1) is 20.2. The molecule has 3 rings (SSSR count). The maximum absolute atomic E-state index is 13.7. The lowest BCUT2D eigenvalue weighted by molar-refractivity contribution is -0.116. The SMILES string of the molecule is C[C@@H]1CN(Cc2ccc(F)cc2)CCN1CCC(=O)Nc1cc(N)ccc1F. The summed E-state index contributed by atoms with van der Waals surface area (Å²) in [5, 5.41) is 2.59. The highest BCUT2D eigenvalue weighted by atomic mass is 19.1. The number of nitrogens with zero attached hydrogens (tertiary/aromatic N) is 2. The number of halogens is 2. The molecular weight excluding hydrogens is 362 g/mol. The number of carbonyl (C=O) groups excluding carboxylic acids is 1. The number of hydrogen-bond acceptors (Lipinski definition) is 4. The number of nitrogens with one attached hydrogen (secondary N) is 1. The van der Waals surface area contributed by atoms with Crippen molar-refractivity contribution >= 4 is 17.3 Å². The van der Waals surface area contributed by atoms with Crippen molar-refractivity contribution in [3.8, 4) is 0 Å². The summed E-state index contributed by atoms with van der Waals surface area (Å²) in [6, 6.07) is 11.0. The van der Waals surface area contributed by atoms with Crippen LogP contribution in [0.4, 0.5) is 20.2 Å². The summed E-state index contributed by atoms with van der Waals surface area (Å²) in [6.45, 7) is 6.14. The third-order valence-electron chi connectivity index (χ3n) is 5.06. The normalized spacial score (nSPS) is 18.2. The molecule has 7 heteroatoms. The monoisotopic (exact) mass is 388 g/mol. The summed E-state index contributed by atoms with van der Waals surface area (Å²) < 4.78 is 26.8. The standard InChI is InChI=1S/C21H26F2N4O/c1-15-13-26(14-16-2-4-17(22)5-3-16)10-11-27(15)9-8-21(28)25-20-12-18(24)6-7-19(20)23/h2-7,12,15H,8-11,13-14,24H2,1H3,(H,25,28)/t15-/m1/s1. The van der Waals surface area contributed by atoms with Crippen LogP contribution < -0.4 is 11.1 Å². The number of anilines is 2. The predicted octanol–water partition coefficient (Wildman–Crippen LogP) is 3.08. The molecule has 0 aromatic heterocycles. The molecule has 0 saturated carbocycles. The van der Waals surface area contributed by atoms with Crippen molar-refractivity contribution in [3.63, 3.8) is 0 Å². The minimum Gasteiger partial charge on any atom is -0.399 e. The molecule has 2 aromatic rings. The van der Waals surface area contributed by atoms with Gasteiger partial charge in [0, 0.05) is 50.9 Å². The molecule has 0 aliphatic carbocycles. The quantitative estimate of drug-likeness (QED) is 0.747. The van der Waals surface area contributed by atoms with E-state index in [0.717, 1.165) is 31.7 Å².